The third-order valence-electron chi connectivity index (χ3n) is 8.65. The minimum absolute atomic E-state index is 0.00146. The van der Waals surface area contributed by atoms with Crippen molar-refractivity contribution in [1.29, 1.82) is 5.26 Å². The number of carbonyl (C=O) groups excluding carboxylic acids is 1. The highest BCUT2D eigenvalue weighted by molar-refractivity contribution is 6.66. The molecule has 2 fully saturated rings. The van der Waals surface area contributed by atoms with E-state index in [-0.39, 0.29) is 52.7 Å². The number of anilines is 1. The van der Waals surface area contributed by atoms with Gasteiger partial charge in [0.15, 0.2) is 5.82 Å². The van der Waals surface area contributed by atoms with Crippen LogP contribution in [0.15, 0.2) is 30.5 Å². The molecule has 1 amide bonds. The lowest BCUT2D eigenvalue weighted by molar-refractivity contribution is -0.0349. The molecule has 1 saturated carbocycles. The molecule has 3 aliphatic rings. The van der Waals surface area contributed by atoms with Crippen molar-refractivity contribution in [3.05, 3.63) is 58.4 Å². The van der Waals surface area contributed by atoms with E-state index in [9.17, 15) is 14.4 Å². The van der Waals surface area contributed by atoms with E-state index in [1.807, 2.05) is 31.7 Å². The maximum Gasteiger partial charge on any atom is 0.282 e. The molecule has 0 atom stereocenters. The third-order valence-corrected chi connectivity index (χ3v) is 8.81. The average Bonchev–Trinajstić information content (AvgIpc) is 2.95. The van der Waals surface area contributed by atoms with Gasteiger partial charge in [-0.2, -0.15) is 4.98 Å². The number of halogens is 2. The zero-order chi connectivity index (χ0) is 30.3. The van der Waals surface area contributed by atoms with E-state index in [1.165, 1.54) is 18.2 Å². The Hall–Kier alpha value is -3.98. The zero-order valence-electron chi connectivity index (χ0n) is 24.4. The van der Waals surface area contributed by atoms with Gasteiger partial charge in [0, 0.05) is 54.5 Å². The van der Waals surface area contributed by atoms with E-state index in [0.29, 0.717) is 31.8 Å². The number of pyridine rings is 1. The van der Waals surface area contributed by atoms with Crippen LogP contribution in [0, 0.1) is 22.5 Å². The molecular weight excluding hydrogens is 572 g/mol. The topological polar surface area (TPSA) is 117 Å². The van der Waals surface area contributed by atoms with Crippen molar-refractivity contribution in [3.63, 3.8) is 0 Å². The molecule has 0 N–H and O–H groups in total. The van der Waals surface area contributed by atoms with Gasteiger partial charge in [0.05, 0.1) is 5.56 Å². The Morgan fingerprint density at radius 3 is 2.79 bits per heavy atom. The van der Waals surface area contributed by atoms with Gasteiger partial charge >= 0.3 is 0 Å². The molecule has 4 heterocycles. The minimum atomic E-state index is -0.542. The molecule has 6 rings (SSSR count). The summed E-state index contributed by atoms with van der Waals surface area (Å²) in [6.07, 6.45) is 5.94. The maximum absolute atomic E-state index is 14.2. The standard InChI is InChI=1S/C30H32BClFN7O3/c1-4-40(18(2)3)28(41)21-11-19(33)5-6-24(21)43-27-26(36-29(32)38-37-27)39-15-30(16-39)12-20(13-30)42-25-8-10-35-23-7-9-31(17-34)14-22(23)25/h5-6,8,10-11,18,20H,4,7,9,12-16H2,1-3H3. The van der Waals surface area contributed by atoms with E-state index in [1.54, 1.807) is 11.1 Å². The Morgan fingerprint density at radius 2 is 2.07 bits per heavy atom. The van der Waals surface area contributed by atoms with Gasteiger partial charge in [-0.25, -0.2) is 9.65 Å². The number of nitrogens with zero attached hydrogens (tertiary/aromatic N) is 7. The smallest absolute Gasteiger partial charge is 0.282 e. The van der Waals surface area contributed by atoms with Gasteiger partial charge < -0.3 is 19.3 Å². The van der Waals surface area contributed by atoms with Crippen LogP contribution in [0.2, 0.25) is 11.6 Å². The van der Waals surface area contributed by atoms with Gasteiger partial charge in [-0.1, -0.05) is 6.32 Å². The number of hydrogen-bond acceptors (Lipinski definition) is 9. The highest BCUT2D eigenvalue weighted by Gasteiger charge is 2.54. The van der Waals surface area contributed by atoms with Crippen LogP contribution in [-0.4, -0.2) is 69.5 Å². The molecule has 0 radical (unpaired) electrons. The predicted octanol–water partition coefficient (Wildman–Crippen LogP) is 4.97. The molecule has 1 saturated heterocycles. The summed E-state index contributed by atoms with van der Waals surface area (Å²) in [5.74, 6) is 3.02. The summed E-state index contributed by atoms with van der Waals surface area (Å²) < 4.78 is 26.7. The van der Waals surface area contributed by atoms with Gasteiger partial charge in [-0.3, -0.25) is 9.78 Å². The molecule has 0 unspecified atom stereocenters. The number of aromatic nitrogens is 4. The maximum atomic E-state index is 14.2. The first-order valence-electron chi connectivity index (χ1n) is 14.6. The normalized spacial score (nSPS) is 17.1. The number of rotatable bonds is 8. The summed E-state index contributed by atoms with van der Waals surface area (Å²) in [5.41, 5.74) is 2.26. The Balaban J connectivity index is 1.14. The highest BCUT2D eigenvalue weighted by Crippen LogP contribution is 2.52. The van der Waals surface area contributed by atoms with Gasteiger partial charge in [-0.15, -0.1) is 10.2 Å². The predicted molar refractivity (Wildman–Crippen MR) is 159 cm³/mol. The molecule has 1 spiro atoms. The molecule has 13 heteroatoms. The van der Waals surface area contributed by atoms with Gasteiger partial charge in [0.2, 0.25) is 5.28 Å². The van der Waals surface area contributed by atoms with Crippen LogP contribution in [0.5, 0.6) is 17.4 Å². The van der Waals surface area contributed by atoms with Crippen molar-refractivity contribution < 1.29 is 18.7 Å². The van der Waals surface area contributed by atoms with E-state index >= 15 is 0 Å². The van der Waals surface area contributed by atoms with Gasteiger partial charge in [0.25, 0.3) is 18.5 Å². The Labute approximate surface area is 255 Å². The number of carbonyl (C=O) groups is 1. The molecule has 10 nitrogen and oxygen atoms in total. The van der Waals surface area contributed by atoms with Crippen molar-refractivity contribution in [2.75, 3.05) is 24.5 Å². The number of aryl methyl sites for hydroxylation is 1. The highest BCUT2D eigenvalue weighted by atomic mass is 35.5. The first kappa shape index (κ1) is 29.1. The number of fused-ring (bicyclic) bond motifs is 1. The van der Waals surface area contributed by atoms with Crippen LogP contribution < -0.4 is 14.4 Å². The first-order valence-corrected chi connectivity index (χ1v) is 15.0. The molecule has 43 heavy (non-hydrogen) atoms. The lowest BCUT2D eigenvalue weighted by Gasteiger charge is -2.58. The Morgan fingerprint density at radius 1 is 1.28 bits per heavy atom. The molecule has 222 valence electrons. The summed E-state index contributed by atoms with van der Waals surface area (Å²) >= 11 is 6.13. The van der Waals surface area contributed by atoms with Crippen LogP contribution in [-0.2, 0) is 12.7 Å². The van der Waals surface area contributed by atoms with E-state index < -0.39 is 5.82 Å². The minimum Gasteiger partial charge on any atom is -0.490 e. The van der Waals surface area contributed by atoms with Crippen LogP contribution in [0.4, 0.5) is 10.2 Å². The van der Waals surface area contributed by atoms with E-state index in [0.717, 1.165) is 42.6 Å². The lowest BCUT2D eigenvalue weighted by Crippen LogP contribution is -2.65. The quantitative estimate of drug-likeness (QED) is 0.329. The van der Waals surface area contributed by atoms with E-state index in [4.69, 9.17) is 21.1 Å². The number of amides is 1. The molecule has 1 aliphatic carbocycles. The summed E-state index contributed by atoms with van der Waals surface area (Å²) in [5, 5.41) is 17.4. The second kappa shape index (κ2) is 11.6. The molecule has 3 aromatic rings. The lowest BCUT2D eigenvalue weighted by atomic mass is 9.42. The number of ether oxygens (including phenoxy) is 2. The monoisotopic (exact) mass is 603 g/mol. The third kappa shape index (κ3) is 5.70. The molecule has 1 aromatic carbocycles. The van der Waals surface area contributed by atoms with Crippen LogP contribution in [0.1, 0.15) is 55.2 Å². The molecule has 0 bridgehead atoms. The Bertz CT molecular complexity index is 1590. The molecule has 2 aliphatic heterocycles. The van der Waals surface area contributed by atoms with Crippen LogP contribution in [0.3, 0.4) is 0 Å². The average molecular weight is 604 g/mol. The first-order chi connectivity index (χ1) is 20.7. The van der Waals surface area contributed by atoms with E-state index in [2.05, 4.69) is 26.1 Å². The summed E-state index contributed by atoms with van der Waals surface area (Å²) in [4.78, 5) is 25.8. The summed E-state index contributed by atoms with van der Waals surface area (Å²) in [6.45, 7) is 7.54. The largest absolute Gasteiger partial charge is 0.490 e. The number of benzene rings is 1. The fourth-order valence-electron chi connectivity index (χ4n) is 6.49. The molecular formula is C30H32BClFN7O3. The number of nitriles is 1. The fourth-order valence-corrected chi connectivity index (χ4v) is 6.61. The van der Waals surface area contributed by atoms with Crippen molar-refractivity contribution in [1.82, 2.24) is 25.1 Å². The SMILES string of the molecule is CCN(C(=O)c1cc(F)ccc1Oc1nnc(Cl)nc1N1CC2(CC(Oc3ccnc4c3CB(C#N)CC4)C2)C1)C(C)C. The van der Waals surface area contributed by atoms with Crippen molar-refractivity contribution in [2.24, 2.45) is 5.41 Å². The summed E-state index contributed by atoms with van der Waals surface area (Å²) in [6, 6.07) is 5.66. The second-order valence-electron chi connectivity index (χ2n) is 11.9. The van der Waals surface area contributed by atoms with Gasteiger partial charge in [-0.05, 0) is 82.2 Å². The fraction of sp³-hybridized carbons (Fsp3) is 0.467. The van der Waals surface area contributed by atoms with Crippen molar-refractivity contribution in [3.8, 4) is 23.3 Å². The Kier molecular flexibility index (Phi) is 7.86. The number of hydrogen-bond donors (Lipinski definition) is 0. The summed E-state index contributed by atoms with van der Waals surface area (Å²) in [7, 11) is 0. The van der Waals surface area contributed by atoms with Crippen molar-refractivity contribution in [2.45, 2.75) is 64.8 Å². The van der Waals surface area contributed by atoms with Crippen molar-refractivity contribution >= 4 is 30.0 Å². The van der Waals surface area contributed by atoms with Crippen LogP contribution >= 0.6 is 11.6 Å². The zero-order valence-corrected chi connectivity index (χ0v) is 25.1. The second-order valence-corrected chi connectivity index (χ2v) is 12.3. The van der Waals surface area contributed by atoms with Gasteiger partial charge in [0.1, 0.15) is 23.4 Å². The van der Waals surface area contributed by atoms with Crippen LogP contribution in [0.25, 0.3) is 0 Å². The molecule has 2 aromatic heterocycles.